The molecule has 17 heavy (non-hydrogen) atoms. The Morgan fingerprint density at radius 3 is 2.47 bits per heavy atom. The van der Waals surface area contributed by atoms with E-state index in [1.165, 1.54) is 21.3 Å². The van der Waals surface area contributed by atoms with Gasteiger partial charge in [0.1, 0.15) is 0 Å². The lowest BCUT2D eigenvalue weighted by molar-refractivity contribution is 0.213. The van der Waals surface area contributed by atoms with Crippen LogP contribution in [0.4, 0.5) is 4.79 Å². The van der Waals surface area contributed by atoms with E-state index in [1.54, 1.807) is 19.5 Å². The van der Waals surface area contributed by atoms with Gasteiger partial charge in [-0.2, -0.15) is 4.68 Å². The average molecular weight is 254 g/mol. The molecule has 0 aromatic carbocycles. The van der Waals surface area contributed by atoms with Gasteiger partial charge in [0, 0.05) is 19.5 Å². The Hall–Kier alpha value is -1.30. The minimum absolute atomic E-state index is 0.186. The predicted octanol–water partition coefficient (Wildman–Crippen LogP) is 2.34. The van der Waals surface area contributed by atoms with Gasteiger partial charge in [-0.1, -0.05) is 39.1 Å². The number of thioether (sulfide) groups is 1. The third-order valence-electron chi connectivity index (χ3n) is 2.00. The van der Waals surface area contributed by atoms with Crippen LogP contribution in [0.1, 0.15) is 26.6 Å². The summed E-state index contributed by atoms with van der Waals surface area (Å²) in [5, 5.41) is 6.45. The number of nitrogens with zero attached hydrogens (tertiary/aromatic N) is 4. The summed E-state index contributed by atoms with van der Waals surface area (Å²) in [4.78, 5) is 17.8. The van der Waals surface area contributed by atoms with Crippen LogP contribution >= 0.6 is 11.8 Å². The van der Waals surface area contributed by atoms with Crippen molar-refractivity contribution in [3.05, 3.63) is 17.8 Å². The van der Waals surface area contributed by atoms with Gasteiger partial charge in [-0.3, -0.25) is 0 Å². The number of hydrogen-bond donors (Lipinski definition) is 0. The van der Waals surface area contributed by atoms with Crippen LogP contribution in [-0.2, 0) is 5.41 Å². The highest BCUT2D eigenvalue weighted by molar-refractivity contribution is 8.02. The molecule has 0 N–H and O–H groups in total. The van der Waals surface area contributed by atoms with Crippen molar-refractivity contribution in [1.29, 1.82) is 0 Å². The second-order valence-corrected chi connectivity index (χ2v) is 5.78. The number of carbonyl (C=O) groups excluding carboxylic acids is 1. The van der Waals surface area contributed by atoms with E-state index in [1.807, 2.05) is 20.8 Å². The zero-order valence-electron chi connectivity index (χ0n) is 10.9. The summed E-state index contributed by atoms with van der Waals surface area (Å²) in [5.74, 6) is 0.650. The lowest BCUT2D eigenvalue weighted by Gasteiger charge is -2.12. The highest BCUT2D eigenvalue weighted by Crippen LogP contribution is 2.23. The first-order valence-electron chi connectivity index (χ1n) is 5.24. The molecule has 0 bridgehead atoms. The topological polar surface area (TPSA) is 51.0 Å². The third kappa shape index (κ3) is 3.09. The first-order chi connectivity index (χ1) is 7.77. The lowest BCUT2D eigenvalue weighted by Crippen LogP contribution is -2.29. The number of aromatic nitrogens is 3. The standard InChI is InChI=1S/C11H18N4OS/c1-7-17-9-12-8(11(2,3)4)13-15(9)10(16)14(5)6/h7H,1H2,2-6H3. The summed E-state index contributed by atoms with van der Waals surface area (Å²) in [6, 6.07) is -0.211. The van der Waals surface area contributed by atoms with E-state index < -0.39 is 0 Å². The molecule has 0 spiro atoms. The van der Waals surface area contributed by atoms with Crippen molar-refractivity contribution < 1.29 is 4.79 Å². The first kappa shape index (κ1) is 13.8. The van der Waals surface area contributed by atoms with E-state index in [0.717, 1.165) is 0 Å². The fraction of sp³-hybridized carbons (Fsp3) is 0.545. The van der Waals surface area contributed by atoms with Crippen molar-refractivity contribution in [2.45, 2.75) is 31.3 Å². The fourth-order valence-corrected chi connectivity index (χ4v) is 1.59. The van der Waals surface area contributed by atoms with Crippen molar-refractivity contribution in [3.63, 3.8) is 0 Å². The van der Waals surface area contributed by atoms with E-state index >= 15 is 0 Å². The van der Waals surface area contributed by atoms with E-state index in [2.05, 4.69) is 16.7 Å². The summed E-state index contributed by atoms with van der Waals surface area (Å²) < 4.78 is 1.31. The van der Waals surface area contributed by atoms with Crippen molar-refractivity contribution in [1.82, 2.24) is 19.7 Å². The number of rotatable bonds is 2. The zero-order valence-corrected chi connectivity index (χ0v) is 11.7. The van der Waals surface area contributed by atoms with Crippen LogP contribution in [-0.4, -0.2) is 39.8 Å². The largest absolute Gasteiger partial charge is 0.346 e. The van der Waals surface area contributed by atoms with Gasteiger partial charge in [-0.05, 0) is 5.41 Å². The molecule has 1 amide bonds. The molecule has 1 aromatic heterocycles. The third-order valence-corrected chi connectivity index (χ3v) is 2.64. The van der Waals surface area contributed by atoms with Gasteiger partial charge in [0.25, 0.3) is 0 Å². The molecule has 0 saturated heterocycles. The second kappa shape index (κ2) is 4.91. The van der Waals surface area contributed by atoms with Crippen molar-refractivity contribution >= 4 is 17.8 Å². The number of amides is 1. The van der Waals surface area contributed by atoms with E-state index in [9.17, 15) is 4.79 Å². The Morgan fingerprint density at radius 1 is 1.47 bits per heavy atom. The Balaban J connectivity index is 3.23. The van der Waals surface area contributed by atoms with Gasteiger partial charge in [0.05, 0.1) is 0 Å². The van der Waals surface area contributed by atoms with Crippen molar-refractivity contribution in [2.75, 3.05) is 14.1 Å². The predicted molar refractivity (Wildman–Crippen MR) is 69.3 cm³/mol. The molecule has 0 unspecified atom stereocenters. The van der Waals surface area contributed by atoms with Crippen LogP contribution in [0, 0.1) is 0 Å². The molecule has 0 fully saturated rings. The molecule has 0 aliphatic heterocycles. The van der Waals surface area contributed by atoms with Gasteiger partial charge < -0.3 is 4.90 Å². The normalized spacial score (nSPS) is 11.4. The SMILES string of the molecule is C=CSc1nc(C(C)(C)C)nn1C(=O)N(C)C. The summed E-state index contributed by atoms with van der Waals surface area (Å²) >= 11 is 1.29. The van der Waals surface area contributed by atoms with Gasteiger partial charge in [0.2, 0.25) is 0 Å². The summed E-state index contributed by atoms with van der Waals surface area (Å²) in [6.07, 6.45) is 0. The second-order valence-electron chi connectivity index (χ2n) is 4.84. The minimum atomic E-state index is -0.211. The summed E-state index contributed by atoms with van der Waals surface area (Å²) in [5.41, 5.74) is -0.186. The van der Waals surface area contributed by atoms with Crippen LogP contribution in [0.5, 0.6) is 0 Å². The molecule has 0 atom stereocenters. The molecule has 0 aliphatic carbocycles. The maximum Gasteiger partial charge on any atom is 0.346 e. The molecule has 1 aromatic rings. The molecule has 1 rings (SSSR count). The minimum Gasteiger partial charge on any atom is -0.329 e. The fourth-order valence-electron chi connectivity index (χ4n) is 1.08. The maximum absolute atomic E-state index is 11.9. The zero-order chi connectivity index (χ0) is 13.2. The summed E-state index contributed by atoms with van der Waals surface area (Å²) in [6.45, 7) is 9.66. The summed E-state index contributed by atoms with van der Waals surface area (Å²) in [7, 11) is 3.37. The molecule has 0 saturated carbocycles. The van der Waals surface area contributed by atoms with Crippen LogP contribution in [0.3, 0.4) is 0 Å². The Morgan fingerprint density at radius 2 is 2.06 bits per heavy atom. The number of hydrogen-bond acceptors (Lipinski definition) is 4. The van der Waals surface area contributed by atoms with Crippen molar-refractivity contribution in [3.8, 4) is 0 Å². The van der Waals surface area contributed by atoms with E-state index in [0.29, 0.717) is 11.0 Å². The van der Waals surface area contributed by atoms with Crippen LogP contribution in [0.15, 0.2) is 17.1 Å². The van der Waals surface area contributed by atoms with Crippen LogP contribution < -0.4 is 0 Å². The maximum atomic E-state index is 11.9. The Kier molecular flexibility index (Phi) is 3.98. The molecular formula is C11H18N4OS. The molecule has 6 heteroatoms. The molecule has 5 nitrogen and oxygen atoms in total. The Bertz CT molecular complexity index is 431. The van der Waals surface area contributed by atoms with E-state index in [4.69, 9.17) is 0 Å². The van der Waals surface area contributed by atoms with Gasteiger partial charge in [-0.25, -0.2) is 9.78 Å². The highest BCUT2D eigenvalue weighted by Gasteiger charge is 2.24. The van der Waals surface area contributed by atoms with E-state index in [-0.39, 0.29) is 11.4 Å². The van der Waals surface area contributed by atoms with Gasteiger partial charge in [-0.15, -0.1) is 5.10 Å². The molecule has 0 aliphatic rings. The van der Waals surface area contributed by atoms with Crippen LogP contribution in [0.25, 0.3) is 0 Å². The molecule has 1 heterocycles. The molecule has 0 radical (unpaired) electrons. The van der Waals surface area contributed by atoms with Gasteiger partial charge >= 0.3 is 6.03 Å². The van der Waals surface area contributed by atoms with Crippen LogP contribution in [0.2, 0.25) is 0 Å². The first-order valence-corrected chi connectivity index (χ1v) is 6.12. The highest BCUT2D eigenvalue weighted by atomic mass is 32.2. The monoisotopic (exact) mass is 254 g/mol. The van der Waals surface area contributed by atoms with Crippen molar-refractivity contribution in [2.24, 2.45) is 0 Å². The Labute approximate surface area is 106 Å². The average Bonchev–Trinajstić information content (AvgIpc) is 2.60. The molecular weight excluding hydrogens is 236 g/mol. The lowest BCUT2D eigenvalue weighted by atomic mass is 9.96. The van der Waals surface area contributed by atoms with Gasteiger partial charge in [0.15, 0.2) is 11.0 Å². The number of carbonyl (C=O) groups is 1. The quantitative estimate of drug-likeness (QED) is 0.760. The smallest absolute Gasteiger partial charge is 0.329 e. The molecule has 94 valence electrons.